The molecule has 96 valence electrons. The summed E-state index contributed by atoms with van der Waals surface area (Å²) in [6.07, 6.45) is 1.31. The molecule has 0 aliphatic heterocycles. The van der Waals surface area contributed by atoms with Gasteiger partial charge in [0.1, 0.15) is 11.9 Å². The van der Waals surface area contributed by atoms with Crippen LogP contribution >= 0.6 is 27.3 Å². The molecule has 0 fully saturated rings. The van der Waals surface area contributed by atoms with Gasteiger partial charge in [-0.05, 0) is 34.1 Å². The van der Waals surface area contributed by atoms with Crippen LogP contribution in [0, 0.1) is 0 Å². The molecular weight excluding hydrogens is 318 g/mol. The number of carbonyl (C=O) groups excluding carboxylic acids is 1. The van der Waals surface area contributed by atoms with Gasteiger partial charge in [0.15, 0.2) is 0 Å². The summed E-state index contributed by atoms with van der Waals surface area (Å²) < 4.78 is 11.4. The Morgan fingerprint density at radius 3 is 3.06 bits per heavy atom. The molecule has 1 amide bonds. The molecule has 0 aliphatic rings. The summed E-state index contributed by atoms with van der Waals surface area (Å²) in [4.78, 5) is 12.5. The Bertz CT molecular complexity index is 509. The topological polar surface area (TPSA) is 51.5 Å². The van der Waals surface area contributed by atoms with Crippen LogP contribution in [0.3, 0.4) is 0 Å². The molecule has 0 aromatic carbocycles. The van der Waals surface area contributed by atoms with E-state index >= 15 is 0 Å². The summed E-state index contributed by atoms with van der Waals surface area (Å²) in [7, 11) is 1.58. The summed E-state index contributed by atoms with van der Waals surface area (Å²) in [6.45, 7) is 0.373. The fourth-order valence-corrected chi connectivity index (χ4v) is 2.82. The molecule has 0 bridgehead atoms. The largest absolute Gasteiger partial charge is 0.467 e. The van der Waals surface area contributed by atoms with Crippen LogP contribution in [0.25, 0.3) is 0 Å². The number of carbonyl (C=O) groups is 1. The Hall–Kier alpha value is -1.11. The van der Waals surface area contributed by atoms with E-state index in [0.29, 0.717) is 17.2 Å². The Balaban J connectivity index is 1.92. The highest BCUT2D eigenvalue weighted by Crippen LogP contribution is 2.20. The van der Waals surface area contributed by atoms with Gasteiger partial charge in [0.2, 0.25) is 0 Å². The molecule has 0 saturated carbocycles. The molecule has 0 aliphatic carbocycles. The molecule has 0 saturated heterocycles. The molecule has 2 heterocycles. The van der Waals surface area contributed by atoms with Crippen LogP contribution in [0.2, 0.25) is 0 Å². The third-order valence-corrected chi connectivity index (χ3v) is 4.07. The van der Waals surface area contributed by atoms with Crippen molar-refractivity contribution in [2.75, 3.05) is 13.7 Å². The summed E-state index contributed by atoms with van der Waals surface area (Å²) in [5.74, 6) is 0.587. The smallest absolute Gasteiger partial charge is 0.261 e. The zero-order chi connectivity index (χ0) is 13.0. The van der Waals surface area contributed by atoms with Crippen LogP contribution in [-0.2, 0) is 4.74 Å². The number of hydrogen-bond donors (Lipinski definition) is 1. The average Bonchev–Trinajstić information content (AvgIpc) is 3.01. The van der Waals surface area contributed by atoms with E-state index in [-0.39, 0.29) is 12.0 Å². The van der Waals surface area contributed by atoms with Crippen LogP contribution in [0.5, 0.6) is 0 Å². The van der Waals surface area contributed by atoms with Crippen molar-refractivity contribution in [3.05, 3.63) is 45.0 Å². The van der Waals surface area contributed by atoms with E-state index in [0.717, 1.165) is 4.47 Å². The zero-order valence-electron chi connectivity index (χ0n) is 9.68. The first kappa shape index (κ1) is 13.3. The number of furan rings is 1. The third-order valence-electron chi connectivity index (χ3n) is 2.38. The first-order valence-electron chi connectivity index (χ1n) is 5.29. The van der Waals surface area contributed by atoms with E-state index in [2.05, 4.69) is 21.2 Å². The first-order chi connectivity index (χ1) is 8.70. The summed E-state index contributed by atoms with van der Waals surface area (Å²) >= 11 is 4.71. The van der Waals surface area contributed by atoms with Gasteiger partial charge >= 0.3 is 0 Å². The van der Waals surface area contributed by atoms with Gasteiger partial charge in [-0.25, -0.2) is 0 Å². The quantitative estimate of drug-likeness (QED) is 0.916. The lowest BCUT2D eigenvalue weighted by atomic mass is 10.2. The van der Waals surface area contributed by atoms with Crippen molar-refractivity contribution in [1.82, 2.24) is 5.32 Å². The Morgan fingerprint density at radius 2 is 2.50 bits per heavy atom. The van der Waals surface area contributed by atoms with Gasteiger partial charge in [-0.15, -0.1) is 11.3 Å². The van der Waals surface area contributed by atoms with E-state index in [4.69, 9.17) is 9.15 Å². The Labute approximate surface area is 117 Å². The molecule has 1 N–H and O–H groups in total. The van der Waals surface area contributed by atoms with Crippen molar-refractivity contribution in [1.29, 1.82) is 0 Å². The predicted molar refractivity (Wildman–Crippen MR) is 72.8 cm³/mol. The number of halogens is 1. The molecule has 0 unspecified atom stereocenters. The van der Waals surface area contributed by atoms with Gasteiger partial charge in [0.25, 0.3) is 5.91 Å². The number of methoxy groups -OCH3 is 1. The molecule has 6 heteroatoms. The number of nitrogens with one attached hydrogen (secondary N) is 1. The second-order valence-corrected chi connectivity index (χ2v) is 5.41. The number of hydrogen-bond acceptors (Lipinski definition) is 4. The summed E-state index contributed by atoms with van der Waals surface area (Å²) in [5.41, 5.74) is 0. The molecule has 1 atom stereocenters. The van der Waals surface area contributed by atoms with Gasteiger partial charge in [-0.1, -0.05) is 0 Å². The normalized spacial score (nSPS) is 12.3. The number of rotatable bonds is 5. The van der Waals surface area contributed by atoms with Gasteiger partial charge in [0, 0.05) is 17.0 Å². The molecule has 2 aromatic rings. The van der Waals surface area contributed by atoms with Crippen molar-refractivity contribution in [3.8, 4) is 0 Å². The highest BCUT2D eigenvalue weighted by molar-refractivity contribution is 9.10. The van der Waals surface area contributed by atoms with E-state index in [1.54, 1.807) is 25.5 Å². The maximum atomic E-state index is 11.8. The van der Waals surface area contributed by atoms with Crippen molar-refractivity contribution < 1.29 is 13.9 Å². The van der Waals surface area contributed by atoms with Crippen molar-refractivity contribution in [2.45, 2.75) is 6.10 Å². The number of amides is 1. The van der Waals surface area contributed by atoms with Crippen molar-refractivity contribution in [2.24, 2.45) is 0 Å². The molecule has 0 radical (unpaired) electrons. The minimum absolute atomic E-state index is 0.112. The second kappa shape index (κ2) is 6.17. The SMILES string of the molecule is CO[C@H](CNC(=O)c1cc(Br)cs1)c1ccco1. The lowest BCUT2D eigenvalue weighted by Crippen LogP contribution is -2.28. The van der Waals surface area contributed by atoms with Crippen LogP contribution in [0.1, 0.15) is 21.5 Å². The van der Waals surface area contributed by atoms with E-state index in [9.17, 15) is 4.79 Å². The van der Waals surface area contributed by atoms with E-state index in [1.165, 1.54) is 11.3 Å². The van der Waals surface area contributed by atoms with Crippen molar-refractivity contribution >= 4 is 33.2 Å². The van der Waals surface area contributed by atoms with E-state index in [1.807, 2.05) is 11.4 Å². The van der Waals surface area contributed by atoms with Crippen molar-refractivity contribution in [3.63, 3.8) is 0 Å². The lowest BCUT2D eigenvalue weighted by molar-refractivity contribution is 0.0740. The number of ether oxygens (including phenoxy) is 1. The molecule has 4 nitrogen and oxygen atoms in total. The minimum Gasteiger partial charge on any atom is -0.467 e. The number of thiophene rings is 1. The first-order valence-corrected chi connectivity index (χ1v) is 6.96. The summed E-state index contributed by atoms with van der Waals surface area (Å²) in [6, 6.07) is 5.40. The van der Waals surface area contributed by atoms with Gasteiger partial charge in [-0.2, -0.15) is 0 Å². The maximum Gasteiger partial charge on any atom is 0.261 e. The van der Waals surface area contributed by atoms with Crippen LogP contribution in [0.15, 0.2) is 38.7 Å². The van der Waals surface area contributed by atoms with Gasteiger partial charge in [-0.3, -0.25) is 4.79 Å². The van der Waals surface area contributed by atoms with Crippen LogP contribution < -0.4 is 5.32 Å². The molecule has 0 spiro atoms. The standard InChI is InChI=1S/C12H12BrNO3S/c1-16-10(9-3-2-4-17-9)6-14-12(15)11-5-8(13)7-18-11/h2-5,7,10H,6H2,1H3,(H,14,15)/t10-/m1/s1. The van der Waals surface area contributed by atoms with Crippen LogP contribution in [-0.4, -0.2) is 19.6 Å². The lowest BCUT2D eigenvalue weighted by Gasteiger charge is -2.13. The molecule has 18 heavy (non-hydrogen) atoms. The third kappa shape index (κ3) is 3.22. The average molecular weight is 330 g/mol. The Morgan fingerprint density at radius 1 is 1.67 bits per heavy atom. The minimum atomic E-state index is -0.271. The summed E-state index contributed by atoms with van der Waals surface area (Å²) in [5, 5.41) is 4.69. The van der Waals surface area contributed by atoms with E-state index < -0.39 is 0 Å². The fraction of sp³-hybridized carbons (Fsp3) is 0.250. The van der Waals surface area contributed by atoms with Gasteiger partial charge in [0.05, 0.1) is 17.7 Å². The van der Waals surface area contributed by atoms with Crippen LogP contribution in [0.4, 0.5) is 0 Å². The molecule has 2 rings (SSSR count). The highest BCUT2D eigenvalue weighted by atomic mass is 79.9. The second-order valence-electron chi connectivity index (χ2n) is 3.58. The fourth-order valence-electron chi connectivity index (χ4n) is 1.48. The molecular formula is C12H12BrNO3S. The monoisotopic (exact) mass is 329 g/mol. The maximum absolute atomic E-state index is 11.8. The Kier molecular flexibility index (Phi) is 4.57. The highest BCUT2D eigenvalue weighted by Gasteiger charge is 2.16. The predicted octanol–water partition coefficient (Wildman–Crippen LogP) is 3.22. The molecule has 2 aromatic heterocycles. The zero-order valence-corrected chi connectivity index (χ0v) is 12.1. The van der Waals surface area contributed by atoms with Gasteiger partial charge < -0.3 is 14.5 Å².